The first-order valence-electron chi connectivity index (χ1n) is 5.39. The zero-order valence-electron chi connectivity index (χ0n) is 9.28. The minimum atomic E-state index is -0.205. The maximum absolute atomic E-state index is 11.5. The summed E-state index contributed by atoms with van der Waals surface area (Å²) in [7, 11) is 0. The summed E-state index contributed by atoms with van der Waals surface area (Å²) in [5.41, 5.74) is 0. The fraction of sp³-hybridized carbons (Fsp3) is 0.727. The van der Waals surface area contributed by atoms with E-state index in [1.165, 1.54) is 0 Å². The molecule has 1 aliphatic rings. The number of hydrogen-bond acceptors (Lipinski definition) is 3. The van der Waals surface area contributed by atoms with Crippen LogP contribution in [-0.4, -0.2) is 29.0 Å². The number of amides is 2. The molecule has 0 saturated carbocycles. The molecule has 1 saturated heterocycles. The van der Waals surface area contributed by atoms with Gasteiger partial charge >= 0.3 is 0 Å². The molecule has 0 radical (unpaired) electrons. The lowest BCUT2D eigenvalue weighted by Gasteiger charge is -2.27. The molecule has 4 nitrogen and oxygen atoms in total. The molecule has 0 aromatic carbocycles. The molecule has 84 valence electrons. The maximum atomic E-state index is 11.5. The number of hydrogen-bond donors (Lipinski definition) is 0. The molecule has 0 aliphatic carbocycles. The molecule has 0 N–H and O–H groups in total. The SMILES string of the molecule is CCCC(=O)CN1C(=O)CC(C)CC1=O. The molecule has 4 heteroatoms. The van der Waals surface area contributed by atoms with Crippen molar-refractivity contribution in [2.75, 3.05) is 6.54 Å². The van der Waals surface area contributed by atoms with Crippen molar-refractivity contribution < 1.29 is 14.4 Å². The van der Waals surface area contributed by atoms with Crippen LogP contribution in [0.25, 0.3) is 0 Å². The molecule has 1 fully saturated rings. The Balaban J connectivity index is 2.57. The van der Waals surface area contributed by atoms with E-state index in [4.69, 9.17) is 0 Å². The average Bonchev–Trinajstić information content (AvgIpc) is 2.11. The fourth-order valence-electron chi connectivity index (χ4n) is 1.74. The third-order valence-corrected chi connectivity index (χ3v) is 2.51. The van der Waals surface area contributed by atoms with Crippen LogP contribution < -0.4 is 0 Å². The van der Waals surface area contributed by atoms with E-state index in [9.17, 15) is 14.4 Å². The summed E-state index contributed by atoms with van der Waals surface area (Å²) in [6, 6.07) is 0. The largest absolute Gasteiger partial charge is 0.298 e. The molecule has 2 amide bonds. The van der Waals surface area contributed by atoms with Crippen molar-refractivity contribution in [3.63, 3.8) is 0 Å². The highest BCUT2D eigenvalue weighted by molar-refractivity contribution is 6.01. The molecule has 0 atom stereocenters. The minimum absolute atomic E-state index is 0.0295. The van der Waals surface area contributed by atoms with E-state index in [2.05, 4.69) is 0 Å². The van der Waals surface area contributed by atoms with Gasteiger partial charge in [-0.2, -0.15) is 0 Å². The van der Waals surface area contributed by atoms with E-state index in [-0.39, 0.29) is 30.1 Å². The van der Waals surface area contributed by atoms with Gasteiger partial charge < -0.3 is 0 Å². The second kappa shape index (κ2) is 5.05. The van der Waals surface area contributed by atoms with Crippen molar-refractivity contribution in [1.29, 1.82) is 0 Å². The number of piperidine rings is 1. The van der Waals surface area contributed by atoms with Gasteiger partial charge in [-0.3, -0.25) is 19.3 Å². The Morgan fingerprint density at radius 2 is 1.87 bits per heavy atom. The van der Waals surface area contributed by atoms with Crippen LogP contribution in [0.5, 0.6) is 0 Å². The van der Waals surface area contributed by atoms with E-state index in [0.29, 0.717) is 19.3 Å². The highest BCUT2D eigenvalue weighted by Gasteiger charge is 2.31. The lowest BCUT2D eigenvalue weighted by molar-refractivity contribution is -0.152. The van der Waals surface area contributed by atoms with Crippen molar-refractivity contribution in [3.8, 4) is 0 Å². The standard InChI is InChI=1S/C11H17NO3/c1-3-4-9(13)7-12-10(14)5-8(2)6-11(12)15/h8H,3-7H2,1-2H3. The van der Waals surface area contributed by atoms with Crippen LogP contribution in [0.15, 0.2) is 0 Å². The predicted octanol–water partition coefficient (Wildman–Crippen LogP) is 1.14. The van der Waals surface area contributed by atoms with Crippen molar-refractivity contribution in [1.82, 2.24) is 4.90 Å². The van der Waals surface area contributed by atoms with Gasteiger partial charge in [-0.25, -0.2) is 0 Å². The quantitative estimate of drug-likeness (QED) is 0.655. The number of likely N-dealkylation sites (tertiary alicyclic amines) is 1. The summed E-state index contributed by atoms with van der Waals surface area (Å²) in [4.78, 5) is 35.5. The zero-order valence-corrected chi connectivity index (χ0v) is 9.28. The lowest BCUT2D eigenvalue weighted by Crippen LogP contribution is -2.45. The molecule has 0 aromatic rings. The predicted molar refractivity (Wildman–Crippen MR) is 55.0 cm³/mol. The molecule has 1 rings (SSSR count). The maximum Gasteiger partial charge on any atom is 0.229 e. The van der Waals surface area contributed by atoms with Gasteiger partial charge in [0, 0.05) is 19.3 Å². The summed E-state index contributed by atoms with van der Waals surface area (Å²) < 4.78 is 0. The zero-order chi connectivity index (χ0) is 11.4. The van der Waals surface area contributed by atoms with Gasteiger partial charge in [0.2, 0.25) is 11.8 Å². The van der Waals surface area contributed by atoms with E-state index < -0.39 is 0 Å². The third-order valence-electron chi connectivity index (χ3n) is 2.51. The molecular weight excluding hydrogens is 194 g/mol. The van der Waals surface area contributed by atoms with Gasteiger partial charge in [0.1, 0.15) is 0 Å². The molecule has 1 aliphatic heterocycles. The Bertz CT molecular complexity index is 268. The number of carbonyl (C=O) groups excluding carboxylic acids is 3. The Hall–Kier alpha value is -1.19. The van der Waals surface area contributed by atoms with Gasteiger partial charge in [-0.05, 0) is 12.3 Å². The van der Waals surface area contributed by atoms with Gasteiger partial charge in [0.15, 0.2) is 5.78 Å². The third kappa shape index (κ3) is 3.15. The lowest BCUT2D eigenvalue weighted by atomic mass is 9.97. The highest BCUT2D eigenvalue weighted by atomic mass is 16.2. The number of ketones is 1. The Labute approximate surface area is 89.6 Å². The molecule has 15 heavy (non-hydrogen) atoms. The van der Waals surface area contributed by atoms with Crippen molar-refractivity contribution in [2.45, 2.75) is 39.5 Å². The monoisotopic (exact) mass is 211 g/mol. The number of nitrogens with zero attached hydrogens (tertiary/aromatic N) is 1. The number of carbonyl (C=O) groups is 3. The van der Waals surface area contributed by atoms with Gasteiger partial charge in [-0.15, -0.1) is 0 Å². The van der Waals surface area contributed by atoms with Crippen LogP contribution in [0.2, 0.25) is 0 Å². The van der Waals surface area contributed by atoms with Gasteiger partial charge in [-0.1, -0.05) is 13.8 Å². The first-order valence-corrected chi connectivity index (χ1v) is 5.39. The van der Waals surface area contributed by atoms with Gasteiger partial charge in [0.05, 0.1) is 6.54 Å². The number of imide groups is 1. The number of Topliss-reactive ketones (excluding diaryl/α,β-unsaturated/α-hetero) is 1. The van der Waals surface area contributed by atoms with Crippen molar-refractivity contribution >= 4 is 17.6 Å². The van der Waals surface area contributed by atoms with Crippen molar-refractivity contribution in [2.24, 2.45) is 5.92 Å². The van der Waals surface area contributed by atoms with Crippen LogP contribution in [-0.2, 0) is 14.4 Å². The number of rotatable bonds is 4. The Morgan fingerprint density at radius 1 is 1.33 bits per heavy atom. The first-order chi connectivity index (χ1) is 7.04. The van der Waals surface area contributed by atoms with Crippen LogP contribution in [0.1, 0.15) is 39.5 Å². The topological polar surface area (TPSA) is 54.5 Å². The fourth-order valence-corrected chi connectivity index (χ4v) is 1.74. The summed E-state index contributed by atoms with van der Waals surface area (Å²) in [6.45, 7) is 3.75. The van der Waals surface area contributed by atoms with E-state index in [0.717, 1.165) is 11.3 Å². The van der Waals surface area contributed by atoms with Crippen LogP contribution in [0, 0.1) is 5.92 Å². The van der Waals surface area contributed by atoms with E-state index >= 15 is 0 Å². The van der Waals surface area contributed by atoms with Crippen LogP contribution in [0.3, 0.4) is 0 Å². The second-order valence-corrected chi connectivity index (χ2v) is 4.18. The summed E-state index contributed by atoms with van der Waals surface area (Å²) in [5.74, 6) is -0.331. The van der Waals surface area contributed by atoms with Crippen molar-refractivity contribution in [3.05, 3.63) is 0 Å². The molecule has 0 unspecified atom stereocenters. The first kappa shape index (κ1) is 11.9. The second-order valence-electron chi connectivity index (χ2n) is 4.18. The van der Waals surface area contributed by atoms with Crippen LogP contribution in [0.4, 0.5) is 0 Å². The molecule has 0 bridgehead atoms. The Kier molecular flexibility index (Phi) is 4.00. The molecular formula is C11H17NO3. The van der Waals surface area contributed by atoms with E-state index in [1.54, 1.807) is 0 Å². The molecule has 0 spiro atoms. The van der Waals surface area contributed by atoms with E-state index in [1.807, 2.05) is 13.8 Å². The Morgan fingerprint density at radius 3 is 2.33 bits per heavy atom. The summed E-state index contributed by atoms with van der Waals surface area (Å²) >= 11 is 0. The molecule has 1 heterocycles. The smallest absolute Gasteiger partial charge is 0.229 e. The summed E-state index contributed by atoms with van der Waals surface area (Å²) in [5, 5.41) is 0. The highest BCUT2D eigenvalue weighted by Crippen LogP contribution is 2.18. The minimum Gasteiger partial charge on any atom is -0.298 e. The summed E-state index contributed by atoms with van der Waals surface area (Å²) in [6.07, 6.45) is 1.95. The normalized spacial score (nSPS) is 18.4. The molecule has 0 aromatic heterocycles. The van der Waals surface area contributed by atoms with Crippen LogP contribution >= 0.6 is 0 Å². The average molecular weight is 211 g/mol. The van der Waals surface area contributed by atoms with Gasteiger partial charge in [0.25, 0.3) is 0 Å².